The van der Waals surface area contributed by atoms with Gasteiger partial charge in [0.1, 0.15) is 0 Å². The highest BCUT2D eigenvalue weighted by atomic mass is 19.2. The summed E-state index contributed by atoms with van der Waals surface area (Å²) < 4.78 is 31.0. The zero-order valence-electron chi connectivity index (χ0n) is 9.73. The molecule has 0 aliphatic rings. The van der Waals surface area contributed by atoms with Gasteiger partial charge in [0.15, 0.2) is 17.3 Å². The minimum absolute atomic E-state index is 0.114. The van der Waals surface area contributed by atoms with Crippen LogP contribution in [0.4, 0.5) is 8.78 Å². The monoisotopic (exact) mass is 228 g/mol. The Kier molecular flexibility index (Phi) is 3.31. The van der Waals surface area contributed by atoms with Crippen LogP contribution in [0.25, 0.3) is 0 Å². The zero-order valence-corrected chi connectivity index (χ0v) is 9.73. The van der Waals surface area contributed by atoms with Crippen molar-refractivity contribution in [1.82, 2.24) is 0 Å². The maximum atomic E-state index is 13.2. The lowest BCUT2D eigenvalue weighted by Crippen LogP contribution is -2.20. The first-order valence-corrected chi connectivity index (χ1v) is 4.85. The van der Waals surface area contributed by atoms with Crippen molar-refractivity contribution in [3.05, 3.63) is 29.3 Å². The van der Waals surface area contributed by atoms with Crippen molar-refractivity contribution in [1.29, 1.82) is 0 Å². The minimum atomic E-state index is -1.08. The molecular weight excluding hydrogens is 214 g/mol. The molecule has 0 bridgehead atoms. The van der Waals surface area contributed by atoms with Crippen molar-refractivity contribution in [2.24, 2.45) is 5.41 Å². The Hall–Kier alpha value is -1.45. The fourth-order valence-electron chi connectivity index (χ4n) is 1.28. The van der Waals surface area contributed by atoms with E-state index in [2.05, 4.69) is 4.74 Å². The number of ketones is 1. The summed E-state index contributed by atoms with van der Waals surface area (Å²) in [6.07, 6.45) is 0. The summed E-state index contributed by atoms with van der Waals surface area (Å²) in [7, 11) is 1.23. The van der Waals surface area contributed by atoms with Crippen molar-refractivity contribution in [2.75, 3.05) is 7.11 Å². The molecule has 0 N–H and O–H groups in total. The summed E-state index contributed by atoms with van der Waals surface area (Å²) in [6.45, 7) is 5.13. The Labute approximate surface area is 93.2 Å². The topological polar surface area (TPSA) is 26.3 Å². The maximum Gasteiger partial charge on any atom is 0.200 e. The molecule has 0 amide bonds. The van der Waals surface area contributed by atoms with Crippen LogP contribution in [0.5, 0.6) is 5.75 Å². The zero-order chi connectivity index (χ0) is 12.5. The molecule has 16 heavy (non-hydrogen) atoms. The number of halogens is 2. The number of benzene rings is 1. The van der Waals surface area contributed by atoms with Crippen LogP contribution in [0.1, 0.15) is 31.1 Å². The second-order valence-electron chi connectivity index (χ2n) is 4.55. The van der Waals surface area contributed by atoms with Crippen LogP contribution in [0, 0.1) is 17.0 Å². The molecule has 0 saturated heterocycles. The molecule has 0 saturated carbocycles. The lowest BCUT2D eigenvalue weighted by Gasteiger charge is -2.17. The first kappa shape index (κ1) is 12.6. The van der Waals surface area contributed by atoms with Gasteiger partial charge in [0.05, 0.1) is 7.11 Å². The number of ether oxygens (including phenoxy) is 1. The number of Topliss-reactive ketones (excluding diaryl/α,β-unsaturated/α-hetero) is 1. The average molecular weight is 228 g/mol. The van der Waals surface area contributed by atoms with Gasteiger partial charge >= 0.3 is 0 Å². The second kappa shape index (κ2) is 4.20. The van der Waals surface area contributed by atoms with E-state index < -0.39 is 17.0 Å². The van der Waals surface area contributed by atoms with Gasteiger partial charge in [-0.25, -0.2) is 4.39 Å². The smallest absolute Gasteiger partial charge is 0.200 e. The van der Waals surface area contributed by atoms with Crippen LogP contribution in [0.3, 0.4) is 0 Å². The fourth-order valence-corrected chi connectivity index (χ4v) is 1.28. The van der Waals surface area contributed by atoms with Crippen LogP contribution >= 0.6 is 0 Å². The molecule has 0 spiro atoms. The van der Waals surface area contributed by atoms with Crippen molar-refractivity contribution < 1.29 is 18.3 Å². The Morgan fingerprint density at radius 1 is 1.25 bits per heavy atom. The molecule has 4 heteroatoms. The highest BCUT2D eigenvalue weighted by Gasteiger charge is 2.25. The van der Waals surface area contributed by atoms with Gasteiger partial charge < -0.3 is 4.74 Å². The third-order valence-electron chi connectivity index (χ3n) is 2.16. The van der Waals surface area contributed by atoms with E-state index in [-0.39, 0.29) is 17.1 Å². The maximum absolute atomic E-state index is 13.2. The van der Waals surface area contributed by atoms with Gasteiger partial charge in [0.25, 0.3) is 0 Å². The number of hydrogen-bond donors (Lipinski definition) is 0. The third-order valence-corrected chi connectivity index (χ3v) is 2.16. The molecule has 0 aliphatic carbocycles. The number of hydrogen-bond acceptors (Lipinski definition) is 2. The molecule has 88 valence electrons. The van der Waals surface area contributed by atoms with Crippen molar-refractivity contribution in [3.8, 4) is 5.75 Å². The molecule has 0 heterocycles. The molecule has 1 rings (SSSR count). The highest BCUT2D eigenvalue weighted by molar-refractivity contribution is 6.00. The Morgan fingerprint density at radius 2 is 1.81 bits per heavy atom. The SMILES string of the molecule is COc1cc(C(=O)C(C)(C)C)cc(F)c1F. The van der Waals surface area contributed by atoms with Crippen molar-refractivity contribution >= 4 is 5.78 Å². The molecule has 1 aromatic carbocycles. The standard InChI is InChI=1S/C12H14F2O2/c1-12(2,3)11(15)7-5-8(13)10(14)9(6-7)16-4/h5-6H,1-4H3. The molecule has 0 fully saturated rings. The van der Waals surface area contributed by atoms with Gasteiger partial charge in [-0.2, -0.15) is 4.39 Å². The summed E-state index contributed by atoms with van der Waals surface area (Å²) in [4.78, 5) is 11.9. The normalized spacial score (nSPS) is 11.4. The van der Waals surface area contributed by atoms with E-state index in [0.29, 0.717) is 0 Å². The third kappa shape index (κ3) is 2.38. The van der Waals surface area contributed by atoms with Gasteiger partial charge in [-0.15, -0.1) is 0 Å². The summed E-state index contributed by atoms with van der Waals surface area (Å²) >= 11 is 0. The lowest BCUT2D eigenvalue weighted by molar-refractivity contribution is 0.0857. The first-order chi connectivity index (χ1) is 7.27. The molecule has 0 radical (unpaired) electrons. The van der Waals surface area contributed by atoms with E-state index >= 15 is 0 Å². The Morgan fingerprint density at radius 3 is 2.25 bits per heavy atom. The van der Waals surface area contributed by atoms with Crippen LogP contribution in [0.2, 0.25) is 0 Å². The minimum Gasteiger partial charge on any atom is -0.494 e. The largest absolute Gasteiger partial charge is 0.494 e. The van der Waals surface area contributed by atoms with Gasteiger partial charge in [-0.1, -0.05) is 20.8 Å². The van der Waals surface area contributed by atoms with E-state index in [1.54, 1.807) is 20.8 Å². The van der Waals surface area contributed by atoms with E-state index in [4.69, 9.17) is 0 Å². The predicted molar refractivity (Wildman–Crippen MR) is 56.7 cm³/mol. The summed E-state index contributed by atoms with van der Waals surface area (Å²) in [5, 5.41) is 0. The number of carbonyl (C=O) groups excluding carboxylic acids is 1. The molecule has 0 aliphatic heterocycles. The number of carbonyl (C=O) groups is 1. The summed E-state index contributed by atoms with van der Waals surface area (Å²) in [5.74, 6) is -2.67. The molecule has 1 aromatic rings. The molecule has 2 nitrogen and oxygen atoms in total. The van der Waals surface area contributed by atoms with Gasteiger partial charge in [0.2, 0.25) is 5.82 Å². The average Bonchev–Trinajstić information content (AvgIpc) is 2.19. The molecular formula is C12H14F2O2. The van der Waals surface area contributed by atoms with Crippen LogP contribution in [0.15, 0.2) is 12.1 Å². The van der Waals surface area contributed by atoms with E-state index in [0.717, 1.165) is 6.07 Å². The van der Waals surface area contributed by atoms with Crippen molar-refractivity contribution in [2.45, 2.75) is 20.8 Å². The number of methoxy groups -OCH3 is 1. The van der Waals surface area contributed by atoms with Crippen LogP contribution in [-0.4, -0.2) is 12.9 Å². The quantitative estimate of drug-likeness (QED) is 0.726. The predicted octanol–water partition coefficient (Wildman–Crippen LogP) is 3.20. The fraction of sp³-hybridized carbons (Fsp3) is 0.417. The molecule has 0 unspecified atom stereocenters. The number of rotatable bonds is 2. The van der Waals surface area contributed by atoms with E-state index in [9.17, 15) is 13.6 Å². The van der Waals surface area contributed by atoms with Crippen LogP contribution < -0.4 is 4.74 Å². The summed E-state index contributed by atoms with van der Waals surface area (Å²) in [6, 6.07) is 2.11. The van der Waals surface area contributed by atoms with E-state index in [1.165, 1.54) is 13.2 Å². The van der Waals surface area contributed by atoms with Crippen molar-refractivity contribution in [3.63, 3.8) is 0 Å². The first-order valence-electron chi connectivity index (χ1n) is 4.85. The van der Waals surface area contributed by atoms with Gasteiger partial charge in [0, 0.05) is 11.0 Å². The van der Waals surface area contributed by atoms with Crippen LogP contribution in [-0.2, 0) is 0 Å². The van der Waals surface area contributed by atoms with Gasteiger partial charge in [-0.05, 0) is 12.1 Å². The highest BCUT2D eigenvalue weighted by Crippen LogP contribution is 2.27. The Balaban J connectivity index is 3.27. The van der Waals surface area contributed by atoms with Gasteiger partial charge in [-0.3, -0.25) is 4.79 Å². The summed E-state index contributed by atoms with van der Waals surface area (Å²) in [5.41, 5.74) is -0.529. The Bertz CT molecular complexity index is 420. The molecule has 0 aromatic heterocycles. The second-order valence-corrected chi connectivity index (χ2v) is 4.55. The lowest BCUT2D eigenvalue weighted by atomic mass is 9.86. The van der Waals surface area contributed by atoms with E-state index in [1.807, 2.05) is 0 Å². The molecule has 0 atom stereocenters.